The summed E-state index contributed by atoms with van der Waals surface area (Å²) in [5.41, 5.74) is 1.66. The van der Waals surface area contributed by atoms with Crippen molar-refractivity contribution in [1.82, 2.24) is 4.98 Å². The number of thiazole rings is 1. The Hall–Kier alpha value is -1.40. The van der Waals surface area contributed by atoms with E-state index in [0.29, 0.717) is 5.69 Å². The van der Waals surface area contributed by atoms with Crippen LogP contribution in [-0.4, -0.2) is 22.6 Å². The molecule has 1 saturated carbocycles. The molecule has 0 radical (unpaired) electrons. The van der Waals surface area contributed by atoms with Gasteiger partial charge in [-0.25, -0.2) is 4.98 Å². The van der Waals surface area contributed by atoms with Crippen LogP contribution in [0.3, 0.4) is 0 Å². The molecule has 1 aliphatic carbocycles. The molecule has 2 aromatic rings. The normalized spacial score (nSPS) is 23.5. The van der Waals surface area contributed by atoms with E-state index >= 15 is 0 Å². The van der Waals surface area contributed by atoms with Gasteiger partial charge in [0.2, 0.25) is 11.8 Å². The first-order valence-corrected chi connectivity index (χ1v) is 10.9. The molecule has 6 heteroatoms. The Kier molecular flexibility index (Phi) is 4.82. The van der Waals surface area contributed by atoms with Gasteiger partial charge in [0.25, 0.3) is 0 Å². The standard InChI is InChI=1S/C19H22N2O2S2/c1-2-3-10-24-19-20-15-9-8-12(11-16(15)25-19)21-17(22)13-6-4-5-7-14(13)18(21)23/h8-9,11,13-14H,2-7,10H2,1H3/t13-,14-/m0/s1. The zero-order chi connectivity index (χ0) is 17.4. The number of benzene rings is 1. The van der Waals surface area contributed by atoms with Crippen LogP contribution in [0.15, 0.2) is 22.5 Å². The fourth-order valence-electron chi connectivity index (χ4n) is 3.81. The lowest BCUT2D eigenvalue weighted by Crippen LogP contribution is -2.30. The van der Waals surface area contributed by atoms with Crippen LogP contribution < -0.4 is 4.90 Å². The number of rotatable bonds is 5. The second kappa shape index (κ2) is 7.08. The minimum absolute atomic E-state index is 0.00360. The van der Waals surface area contributed by atoms with E-state index in [9.17, 15) is 9.59 Å². The van der Waals surface area contributed by atoms with Gasteiger partial charge < -0.3 is 0 Å². The zero-order valence-electron chi connectivity index (χ0n) is 14.4. The van der Waals surface area contributed by atoms with Crippen molar-refractivity contribution >= 4 is 50.8 Å². The predicted octanol–water partition coefficient (Wildman–Crippen LogP) is 4.87. The van der Waals surface area contributed by atoms with Gasteiger partial charge in [-0.2, -0.15) is 0 Å². The number of aromatic nitrogens is 1. The fourth-order valence-corrected chi connectivity index (χ4v) is 6.07. The summed E-state index contributed by atoms with van der Waals surface area (Å²) in [6.07, 6.45) is 6.19. The van der Waals surface area contributed by atoms with Crippen molar-refractivity contribution in [3.05, 3.63) is 18.2 Å². The maximum absolute atomic E-state index is 12.8. The van der Waals surface area contributed by atoms with Crippen LogP contribution >= 0.6 is 23.1 Å². The third-order valence-corrected chi connectivity index (χ3v) is 7.42. The largest absolute Gasteiger partial charge is 0.274 e. The Bertz CT molecular complexity index is 793. The monoisotopic (exact) mass is 374 g/mol. The van der Waals surface area contributed by atoms with Gasteiger partial charge in [0.1, 0.15) is 0 Å². The summed E-state index contributed by atoms with van der Waals surface area (Å²) in [7, 11) is 0. The molecule has 2 heterocycles. The SMILES string of the molecule is CCCCSc1nc2ccc(N3C(=O)[C@H]4CCCC[C@@H]4C3=O)cc2s1. The molecule has 132 valence electrons. The molecule has 0 bridgehead atoms. The van der Waals surface area contributed by atoms with E-state index < -0.39 is 0 Å². The summed E-state index contributed by atoms with van der Waals surface area (Å²) >= 11 is 3.44. The van der Waals surface area contributed by atoms with Crippen LogP contribution in [0.2, 0.25) is 0 Å². The number of anilines is 1. The van der Waals surface area contributed by atoms with E-state index in [1.807, 2.05) is 18.2 Å². The van der Waals surface area contributed by atoms with E-state index in [1.165, 1.54) is 17.7 Å². The maximum atomic E-state index is 12.8. The van der Waals surface area contributed by atoms with Gasteiger partial charge in [-0.3, -0.25) is 14.5 Å². The molecule has 0 unspecified atom stereocenters. The van der Waals surface area contributed by atoms with Crippen molar-refractivity contribution in [3.63, 3.8) is 0 Å². The number of fused-ring (bicyclic) bond motifs is 2. The van der Waals surface area contributed by atoms with Crippen LogP contribution in [0.4, 0.5) is 5.69 Å². The van der Waals surface area contributed by atoms with E-state index in [4.69, 9.17) is 0 Å². The van der Waals surface area contributed by atoms with Crippen molar-refractivity contribution < 1.29 is 9.59 Å². The highest BCUT2D eigenvalue weighted by Gasteiger charge is 2.48. The van der Waals surface area contributed by atoms with Crippen molar-refractivity contribution in [2.24, 2.45) is 11.8 Å². The van der Waals surface area contributed by atoms with Crippen molar-refractivity contribution in [2.45, 2.75) is 49.8 Å². The van der Waals surface area contributed by atoms with E-state index in [0.717, 1.165) is 46.0 Å². The molecule has 25 heavy (non-hydrogen) atoms. The summed E-state index contributed by atoms with van der Waals surface area (Å²) < 4.78 is 2.11. The predicted molar refractivity (Wildman–Crippen MR) is 103 cm³/mol. The lowest BCUT2D eigenvalue weighted by Gasteiger charge is -2.19. The summed E-state index contributed by atoms with van der Waals surface area (Å²) in [5, 5.41) is 0. The van der Waals surface area contributed by atoms with Crippen LogP contribution in [-0.2, 0) is 9.59 Å². The minimum atomic E-state index is -0.0985. The van der Waals surface area contributed by atoms with Crippen molar-refractivity contribution in [3.8, 4) is 0 Å². The van der Waals surface area contributed by atoms with Gasteiger partial charge in [-0.1, -0.05) is 37.9 Å². The lowest BCUT2D eigenvalue weighted by atomic mass is 9.81. The van der Waals surface area contributed by atoms with E-state index in [-0.39, 0.29) is 23.7 Å². The Morgan fingerprint density at radius 3 is 2.60 bits per heavy atom. The molecule has 2 atom stereocenters. The summed E-state index contributed by atoms with van der Waals surface area (Å²) in [6.45, 7) is 2.19. The molecular formula is C19H22N2O2S2. The van der Waals surface area contributed by atoms with E-state index in [1.54, 1.807) is 23.1 Å². The molecule has 4 rings (SSSR count). The summed E-state index contributed by atoms with van der Waals surface area (Å²) in [4.78, 5) is 31.6. The van der Waals surface area contributed by atoms with Gasteiger partial charge in [0, 0.05) is 5.75 Å². The lowest BCUT2D eigenvalue weighted by molar-refractivity contribution is -0.122. The number of imide groups is 1. The number of carbonyl (C=O) groups is 2. The highest BCUT2D eigenvalue weighted by Crippen LogP contribution is 2.41. The number of thioether (sulfide) groups is 1. The molecule has 2 fully saturated rings. The first-order chi connectivity index (χ1) is 12.2. The molecule has 1 aliphatic heterocycles. The van der Waals surface area contributed by atoms with Crippen LogP contribution in [0.5, 0.6) is 0 Å². The van der Waals surface area contributed by atoms with Crippen LogP contribution in [0.25, 0.3) is 10.2 Å². The molecule has 2 aliphatic rings. The molecule has 4 nitrogen and oxygen atoms in total. The Morgan fingerprint density at radius 2 is 1.92 bits per heavy atom. The third-order valence-electron chi connectivity index (χ3n) is 5.18. The smallest absolute Gasteiger partial charge is 0.237 e. The molecule has 1 aromatic heterocycles. The fraction of sp³-hybridized carbons (Fsp3) is 0.526. The highest BCUT2D eigenvalue weighted by molar-refractivity contribution is 8.01. The van der Waals surface area contributed by atoms with Crippen molar-refractivity contribution in [1.29, 1.82) is 0 Å². The second-order valence-corrected chi connectivity index (χ2v) is 9.22. The molecular weight excluding hydrogens is 352 g/mol. The molecule has 1 saturated heterocycles. The molecule has 0 N–H and O–H groups in total. The first kappa shape index (κ1) is 17.0. The third kappa shape index (κ3) is 3.10. The van der Waals surface area contributed by atoms with Crippen molar-refractivity contribution in [2.75, 3.05) is 10.7 Å². The second-order valence-electron chi connectivity index (χ2n) is 6.84. The van der Waals surface area contributed by atoms with E-state index in [2.05, 4.69) is 11.9 Å². The number of nitrogens with zero attached hydrogens (tertiary/aromatic N) is 2. The number of carbonyl (C=O) groups excluding carboxylic acids is 2. The first-order valence-electron chi connectivity index (χ1n) is 9.10. The van der Waals surface area contributed by atoms with Gasteiger partial charge in [-0.15, -0.1) is 11.3 Å². The topological polar surface area (TPSA) is 50.3 Å². The summed E-state index contributed by atoms with van der Waals surface area (Å²) in [6, 6.07) is 5.77. The zero-order valence-corrected chi connectivity index (χ0v) is 16.0. The maximum Gasteiger partial charge on any atom is 0.237 e. The average molecular weight is 375 g/mol. The summed E-state index contributed by atoms with van der Waals surface area (Å²) in [5.74, 6) is 0.875. The van der Waals surface area contributed by atoms with Crippen LogP contribution in [0.1, 0.15) is 45.4 Å². The van der Waals surface area contributed by atoms with Gasteiger partial charge >= 0.3 is 0 Å². The quantitative estimate of drug-likeness (QED) is 0.426. The Balaban J connectivity index is 1.60. The number of amides is 2. The highest BCUT2D eigenvalue weighted by atomic mass is 32.2. The molecule has 0 spiro atoms. The van der Waals surface area contributed by atoms with Gasteiger partial charge in [0.15, 0.2) is 4.34 Å². The number of hydrogen-bond acceptors (Lipinski definition) is 5. The number of unbranched alkanes of at least 4 members (excludes halogenated alkanes) is 1. The van der Waals surface area contributed by atoms with Gasteiger partial charge in [0.05, 0.1) is 27.7 Å². The van der Waals surface area contributed by atoms with Crippen LogP contribution in [0, 0.1) is 11.8 Å². The Labute approximate surface area is 156 Å². The number of hydrogen-bond donors (Lipinski definition) is 0. The van der Waals surface area contributed by atoms with Gasteiger partial charge in [-0.05, 0) is 37.5 Å². The molecule has 1 aromatic carbocycles. The molecule has 2 amide bonds. The minimum Gasteiger partial charge on any atom is -0.274 e. The average Bonchev–Trinajstić information content (AvgIpc) is 3.14. The Morgan fingerprint density at radius 1 is 1.20 bits per heavy atom.